The molecule has 0 aliphatic heterocycles. The van der Waals surface area contributed by atoms with E-state index in [-0.39, 0.29) is 70.8 Å². The van der Waals surface area contributed by atoms with Gasteiger partial charge in [-0.1, -0.05) is 77.0 Å². The number of rotatable bonds is 15. The second-order valence-corrected chi connectivity index (χ2v) is 23.4. The number of carbonyl (C=O) groups excluding carboxylic acids is 2. The number of hydrogen-bond acceptors (Lipinski definition) is 5. The molecule has 0 bridgehead atoms. The SMILES string of the molecule is C=CC/C(C)=C\C[C@H](O[Si](C)(C)C(C)(C)C)C(=O)N(C)OC.C=CC/C(C)=C\C[C@H](O[Si](C)(C)C(C)(C)C)C(C)=O.[CH3-].[Cl-].[Mg+2]. The Bertz CT molecular complexity index is 922. The molecule has 0 aromatic rings. The number of hydrogen-bond donors (Lipinski definition) is 0. The average Bonchev–Trinajstić information content (AvgIpc) is 2.82. The zero-order chi connectivity index (χ0) is 32.8. The van der Waals surface area contributed by atoms with E-state index in [0.717, 1.165) is 12.8 Å². The minimum atomic E-state index is -2.03. The molecule has 0 unspecified atom stereocenters. The smallest absolute Gasteiger partial charge is 1.00 e. The molecule has 1 amide bonds. The van der Waals surface area contributed by atoms with Gasteiger partial charge in [-0.2, -0.15) is 0 Å². The fraction of sp³-hybridized carbons (Fsp3) is 0.676. The van der Waals surface area contributed by atoms with Crippen LogP contribution in [0.2, 0.25) is 36.3 Å². The van der Waals surface area contributed by atoms with Gasteiger partial charge in [-0.05, 0) is 82.7 Å². The van der Waals surface area contributed by atoms with E-state index in [1.54, 1.807) is 14.0 Å². The molecule has 6 nitrogen and oxygen atoms in total. The third kappa shape index (κ3) is 20.6. The Morgan fingerprint density at radius 1 is 0.773 bits per heavy atom. The minimum Gasteiger partial charge on any atom is -1.00 e. The van der Waals surface area contributed by atoms with E-state index in [0.29, 0.717) is 12.8 Å². The normalized spacial score (nSPS) is 13.9. The van der Waals surface area contributed by atoms with Gasteiger partial charge in [0.15, 0.2) is 22.4 Å². The molecule has 0 spiro atoms. The van der Waals surface area contributed by atoms with Gasteiger partial charge in [0.2, 0.25) is 0 Å². The van der Waals surface area contributed by atoms with Crippen LogP contribution in [0.15, 0.2) is 48.6 Å². The second kappa shape index (κ2) is 23.7. The second-order valence-electron chi connectivity index (χ2n) is 13.9. The fourth-order valence-electron chi connectivity index (χ4n) is 3.09. The van der Waals surface area contributed by atoms with Crippen LogP contribution in [-0.2, 0) is 23.3 Å². The van der Waals surface area contributed by atoms with Gasteiger partial charge in [-0.3, -0.25) is 14.4 Å². The Hall–Kier alpha value is -0.530. The molecule has 0 N–H and O–H groups in total. The maximum atomic E-state index is 12.5. The summed E-state index contributed by atoms with van der Waals surface area (Å²) in [5.41, 5.74) is 2.42. The Labute approximate surface area is 297 Å². The number of amides is 1. The first kappa shape index (κ1) is 53.0. The summed E-state index contributed by atoms with van der Waals surface area (Å²) < 4.78 is 12.5. The van der Waals surface area contributed by atoms with E-state index < -0.39 is 22.7 Å². The van der Waals surface area contributed by atoms with Gasteiger partial charge in [-0.25, -0.2) is 5.06 Å². The number of ketones is 1. The predicted octanol–water partition coefficient (Wildman–Crippen LogP) is 6.26. The van der Waals surface area contributed by atoms with Crippen molar-refractivity contribution in [3.05, 3.63) is 56.0 Å². The van der Waals surface area contributed by atoms with Gasteiger partial charge in [0.05, 0.1) is 7.11 Å². The topological polar surface area (TPSA) is 65.1 Å². The molecule has 0 radical (unpaired) electrons. The standard InChI is InChI=1S/C17H33NO3Si.C16H30O2Si.CH3.ClH.Mg/c1-10-11-14(2)12-13-15(16(19)18(6)20-7)21-22(8,9)17(3,4)5;1-9-10-13(2)11-12-15(14(3)17)18-19(7,8)16(4,5)6;;;/h10,12,15H,1,11,13H2,2-9H3;9,11,15H,1,10,12H2,2-8H3;1H3;1H;/q;;-1;;+2/p-1/b14-12-;13-11-;;;/t2*15-;;;/m00.../s1. The van der Waals surface area contributed by atoms with Crippen LogP contribution in [0.3, 0.4) is 0 Å². The zero-order valence-electron chi connectivity index (χ0n) is 31.3. The van der Waals surface area contributed by atoms with E-state index in [2.05, 4.69) is 100.0 Å². The van der Waals surface area contributed by atoms with Crippen LogP contribution in [0.4, 0.5) is 0 Å². The van der Waals surface area contributed by atoms with Gasteiger partial charge < -0.3 is 28.7 Å². The van der Waals surface area contributed by atoms with E-state index in [1.807, 2.05) is 19.1 Å². The van der Waals surface area contributed by atoms with Crippen molar-refractivity contribution in [2.24, 2.45) is 0 Å². The molecule has 10 heteroatoms. The van der Waals surface area contributed by atoms with Crippen LogP contribution in [0, 0.1) is 7.43 Å². The summed E-state index contributed by atoms with van der Waals surface area (Å²) >= 11 is 0. The van der Waals surface area contributed by atoms with Crippen LogP contribution >= 0.6 is 0 Å². The third-order valence-electron chi connectivity index (χ3n) is 8.09. The van der Waals surface area contributed by atoms with Crippen LogP contribution in [0.5, 0.6) is 0 Å². The molecule has 0 aliphatic rings. The van der Waals surface area contributed by atoms with Crippen molar-refractivity contribution in [1.29, 1.82) is 0 Å². The first-order chi connectivity index (χ1) is 18.5. The van der Waals surface area contributed by atoms with Crippen molar-refractivity contribution in [1.82, 2.24) is 5.06 Å². The minimum absolute atomic E-state index is 0. The molecular formula is C34H66ClMgNO5Si2. The molecule has 0 aliphatic carbocycles. The summed E-state index contributed by atoms with van der Waals surface area (Å²) in [5, 5.41) is 1.42. The van der Waals surface area contributed by atoms with Crippen LogP contribution in [-0.4, -0.2) is 82.8 Å². The number of nitrogens with zero attached hydrogens (tertiary/aromatic N) is 1. The summed E-state index contributed by atoms with van der Waals surface area (Å²) in [5.74, 6) is -0.0255. The first-order valence-corrected chi connectivity index (χ1v) is 20.5. The Morgan fingerprint density at radius 3 is 1.36 bits per heavy atom. The third-order valence-corrected chi connectivity index (χ3v) is 17.1. The van der Waals surface area contributed by atoms with Crippen molar-refractivity contribution in [3.8, 4) is 0 Å². The number of hydroxylamine groups is 2. The molecule has 0 heterocycles. The molecule has 44 heavy (non-hydrogen) atoms. The number of allylic oxidation sites excluding steroid dienone is 4. The van der Waals surface area contributed by atoms with Crippen molar-refractivity contribution < 1.29 is 35.7 Å². The van der Waals surface area contributed by atoms with Gasteiger partial charge in [0, 0.05) is 7.05 Å². The van der Waals surface area contributed by atoms with E-state index in [9.17, 15) is 9.59 Å². The van der Waals surface area contributed by atoms with Crippen molar-refractivity contribution >= 4 is 51.4 Å². The maximum absolute atomic E-state index is 12.5. The summed E-state index contributed by atoms with van der Waals surface area (Å²) in [4.78, 5) is 29.3. The number of halogens is 1. The van der Waals surface area contributed by atoms with Crippen LogP contribution in [0.1, 0.15) is 88.0 Å². The van der Waals surface area contributed by atoms with E-state index >= 15 is 0 Å². The quantitative estimate of drug-likeness (QED) is 0.0883. The molecule has 2 atom stereocenters. The van der Waals surface area contributed by atoms with E-state index in [4.69, 9.17) is 13.7 Å². The summed E-state index contributed by atoms with van der Waals surface area (Å²) in [6.45, 7) is 34.9. The number of likely N-dealkylation sites (N-methyl/N-ethyl adjacent to an activating group) is 1. The maximum Gasteiger partial charge on any atom is 2.00 e. The molecule has 254 valence electrons. The Balaban J connectivity index is -0.000000218. The summed E-state index contributed by atoms with van der Waals surface area (Å²) in [7, 11) is -0.822. The summed E-state index contributed by atoms with van der Waals surface area (Å²) in [6.07, 6.45) is 9.99. The van der Waals surface area contributed by atoms with Crippen LogP contribution < -0.4 is 12.4 Å². The van der Waals surface area contributed by atoms with Gasteiger partial charge in [0.1, 0.15) is 12.2 Å². The monoisotopic (exact) mass is 683 g/mol. The zero-order valence-corrected chi connectivity index (χ0v) is 35.5. The largest absolute Gasteiger partial charge is 2.00 e. The molecular weight excluding hydrogens is 618 g/mol. The number of Topliss-reactive ketones (excluding diaryl/α,β-unsaturated/α-hetero) is 1. The number of carbonyl (C=O) groups is 2. The van der Waals surface area contributed by atoms with Gasteiger partial charge >= 0.3 is 23.1 Å². The average molecular weight is 685 g/mol. The Kier molecular flexibility index (Phi) is 28.6. The predicted molar refractivity (Wildman–Crippen MR) is 193 cm³/mol. The molecule has 0 saturated carbocycles. The van der Waals surface area contributed by atoms with Crippen molar-refractivity contribution in [2.45, 2.75) is 136 Å². The van der Waals surface area contributed by atoms with Crippen molar-refractivity contribution in [2.75, 3.05) is 14.2 Å². The van der Waals surface area contributed by atoms with E-state index in [1.165, 1.54) is 23.3 Å². The fourth-order valence-corrected chi connectivity index (χ4v) is 5.68. The van der Waals surface area contributed by atoms with Gasteiger partial charge in [-0.15, -0.1) is 13.2 Å². The van der Waals surface area contributed by atoms with Crippen molar-refractivity contribution in [3.63, 3.8) is 0 Å². The molecule has 0 rings (SSSR count). The molecule has 0 aromatic heterocycles. The first-order valence-electron chi connectivity index (χ1n) is 14.7. The molecule has 0 fully saturated rings. The summed E-state index contributed by atoms with van der Waals surface area (Å²) in [6, 6.07) is 0. The molecule has 0 aromatic carbocycles. The molecule has 0 saturated heterocycles. The Morgan fingerprint density at radius 2 is 1.09 bits per heavy atom. The van der Waals surface area contributed by atoms with Gasteiger partial charge in [0.25, 0.3) is 5.91 Å². The van der Waals surface area contributed by atoms with Crippen LogP contribution in [0.25, 0.3) is 0 Å².